The van der Waals surface area contributed by atoms with Crippen LogP contribution in [0.2, 0.25) is 0 Å². The molecule has 0 saturated carbocycles. The highest BCUT2D eigenvalue weighted by Gasteiger charge is 2.20. The lowest BCUT2D eigenvalue weighted by Crippen LogP contribution is -2.47. The van der Waals surface area contributed by atoms with Crippen LogP contribution in [0.1, 0.15) is 5.56 Å². The number of para-hydroxylation sites is 1. The molecule has 0 radical (unpaired) electrons. The molecule has 1 N–H and O–H groups in total. The molecule has 20 heavy (non-hydrogen) atoms. The van der Waals surface area contributed by atoms with Crippen molar-refractivity contribution in [3.63, 3.8) is 0 Å². The molecular weight excluding hydrogens is 257 g/mol. The molecule has 1 aromatic carbocycles. The zero-order valence-electron chi connectivity index (χ0n) is 11.5. The van der Waals surface area contributed by atoms with Crippen molar-refractivity contribution in [2.45, 2.75) is 6.42 Å². The van der Waals surface area contributed by atoms with Crippen LogP contribution in [0.3, 0.4) is 0 Å². The molecule has 3 rings (SSSR count). The number of halogens is 1. The molecule has 1 fully saturated rings. The summed E-state index contributed by atoms with van der Waals surface area (Å²) in [4.78, 5) is 19.3. The summed E-state index contributed by atoms with van der Waals surface area (Å²) in [5.41, 5.74) is 1.34. The minimum atomic E-state index is -0.277. The number of benzene rings is 1. The van der Waals surface area contributed by atoms with Crippen molar-refractivity contribution in [3.8, 4) is 0 Å². The molecule has 1 aliphatic heterocycles. The van der Waals surface area contributed by atoms with Gasteiger partial charge in [0, 0.05) is 37.8 Å². The number of aromatic nitrogens is 1. The summed E-state index contributed by atoms with van der Waals surface area (Å²) in [5, 5.41) is 0.799. The number of likely N-dealkylation sites (N-methyl/N-ethyl adjacent to an activating group) is 1. The first-order valence-electron chi connectivity index (χ1n) is 6.86. The predicted octanol–water partition coefficient (Wildman–Crippen LogP) is 1.62. The molecule has 0 atom stereocenters. The fourth-order valence-corrected chi connectivity index (χ4v) is 2.65. The number of amides is 1. The van der Waals surface area contributed by atoms with Crippen LogP contribution in [-0.4, -0.2) is 53.9 Å². The zero-order chi connectivity index (χ0) is 14.1. The van der Waals surface area contributed by atoms with Gasteiger partial charge in [0.2, 0.25) is 5.91 Å². The number of hydrogen-bond acceptors (Lipinski definition) is 2. The molecule has 1 aromatic heterocycles. The van der Waals surface area contributed by atoms with Crippen LogP contribution in [0.5, 0.6) is 0 Å². The van der Waals surface area contributed by atoms with Crippen molar-refractivity contribution in [1.82, 2.24) is 14.8 Å². The number of carbonyl (C=O) groups excluding carboxylic acids is 1. The summed E-state index contributed by atoms with van der Waals surface area (Å²) in [5.74, 6) is -0.163. The largest absolute Gasteiger partial charge is 0.359 e. The topological polar surface area (TPSA) is 39.3 Å². The van der Waals surface area contributed by atoms with E-state index < -0.39 is 0 Å². The standard InChI is InChI=1S/C15H18FN3O/c1-18-5-7-19(8-6-18)14(20)9-11-10-17-15-12(11)3-2-4-13(15)16/h2-4,10,17H,5-9H2,1H3. The summed E-state index contributed by atoms with van der Waals surface area (Å²) in [7, 11) is 2.06. The highest BCUT2D eigenvalue weighted by atomic mass is 19.1. The Labute approximate surface area is 117 Å². The van der Waals surface area contributed by atoms with Crippen LogP contribution in [0.4, 0.5) is 4.39 Å². The van der Waals surface area contributed by atoms with Crippen molar-refractivity contribution in [2.75, 3.05) is 33.2 Å². The van der Waals surface area contributed by atoms with Crippen LogP contribution in [0.25, 0.3) is 10.9 Å². The molecule has 0 aliphatic carbocycles. The number of hydrogen-bond donors (Lipinski definition) is 1. The van der Waals surface area contributed by atoms with Crippen molar-refractivity contribution in [2.24, 2.45) is 0 Å². The van der Waals surface area contributed by atoms with Crippen LogP contribution < -0.4 is 0 Å². The molecule has 2 aromatic rings. The van der Waals surface area contributed by atoms with E-state index in [0.29, 0.717) is 11.9 Å². The van der Waals surface area contributed by atoms with Crippen LogP contribution in [0, 0.1) is 5.82 Å². The Morgan fingerprint density at radius 1 is 1.30 bits per heavy atom. The maximum Gasteiger partial charge on any atom is 0.227 e. The number of nitrogens with one attached hydrogen (secondary N) is 1. The van der Waals surface area contributed by atoms with Crippen molar-refractivity contribution in [3.05, 3.63) is 35.8 Å². The fraction of sp³-hybridized carbons (Fsp3) is 0.400. The summed E-state index contributed by atoms with van der Waals surface area (Å²) < 4.78 is 13.6. The van der Waals surface area contributed by atoms with Crippen LogP contribution >= 0.6 is 0 Å². The molecule has 2 heterocycles. The predicted molar refractivity (Wildman–Crippen MR) is 76.0 cm³/mol. The molecule has 0 unspecified atom stereocenters. The van der Waals surface area contributed by atoms with Crippen LogP contribution in [-0.2, 0) is 11.2 Å². The Balaban J connectivity index is 1.76. The number of H-pyrrole nitrogens is 1. The second-order valence-electron chi connectivity index (χ2n) is 5.34. The first-order valence-corrected chi connectivity index (χ1v) is 6.86. The van der Waals surface area contributed by atoms with E-state index in [1.807, 2.05) is 11.0 Å². The van der Waals surface area contributed by atoms with E-state index in [-0.39, 0.29) is 11.7 Å². The first-order chi connectivity index (χ1) is 9.65. The lowest BCUT2D eigenvalue weighted by molar-refractivity contribution is -0.132. The van der Waals surface area contributed by atoms with Gasteiger partial charge < -0.3 is 14.8 Å². The second kappa shape index (κ2) is 5.25. The summed E-state index contributed by atoms with van der Waals surface area (Å²) in [6, 6.07) is 4.95. The van der Waals surface area contributed by atoms with Crippen molar-refractivity contribution < 1.29 is 9.18 Å². The van der Waals surface area contributed by atoms with Gasteiger partial charge in [0.1, 0.15) is 5.82 Å². The molecule has 0 spiro atoms. The molecular formula is C15H18FN3O. The van der Waals surface area contributed by atoms with Gasteiger partial charge >= 0.3 is 0 Å². The number of aromatic amines is 1. The average molecular weight is 275 g/mol. The number of nitrogens with zero attached hydrogens (tertiary/aromatic N) is 2. The number of carbonyl (C=O) groups is 1. The fourth-order valence-electron chi connectivity index (χ4n) is 2.65. The maximum atomic E-state index is 13.6. The minimum absolute atomic E-state index is 0.114. The van der Waals surface area contributed by atoms with E-state index in [4.69, 9.17) is 0 Å². The first kappa shape index (κ1) is 13.1. The molecule has 1 saturated heterocycles. The lowest BCUT2D eigenvalue weighted by atomic mass is 10.1. The maximum absolute atomic E-state index is 13.6. The summed E-state index contributed by atoms with van der Waals surface area (Å²) in [6.45, 7) is 3.36. The van der Waals surface area contributed by atoms with Crippen molar-refractivity contribution in [1.29, 1.82) is 0 Å². The third-order valence-corrected chi connectivity index (χ3v) is 3.95. The average Bonchev–Trinajstić information content (AvgIpc) is 2.84. The van der Waals surface area contributed by atoms with Gasteiger partial charge in [0.15, 0.2) is 0 Å². The molecule has 106 valence electrons. The molecule has 5 heteroatoms. The van der Waals surface area contributed by atoms with Crippen LogP contribution in [0.15, 0.2) is 24.4 Å². The van der Waals surface area contributed by atoms with E-state index in [1.165, 1.54) is 6.07 Å². The van der Waals surface area contributed by atoms with E-state index in [0.717, 1.165) is 37.1 Å². The smallest absolute Gasteiger partial charge is 0.227 e. The van der Waals surface area contributed by atoms with Crippen molar-refractivity contribution >= 4 is 16.8 Å². The molecule has 1 amide bonds. The van der Waals surface area contributed by atoms with E-state index in [2.05, 4.69) is 16.9 Å². The third-order valence-electron chi connectivity index (χ3n) is 3.95. The Morgan fingerprint density at radius 2 is 2.05 bits per heavy atom. The molecule has 0 bridgehead atoms. The van der Waals surface area contributed by atoms with Gasteiger partial charge in [-0.1, -0.05) is 12.1 Å². The van der Waals surface area contributed by atoms with Gasteiger partial charge in [-0.25, -0.2) is 4.39 Å². The summed E-state index contributed by atoms with van der Waals surface area (Å²) in [6.07, 6.45) is 2.06. The summed E-state index contributed by atoms with van der Waals surface area (Å²) >= 11 is 0. The van der Waals surface area contributed by atoms with Gasteiger partial charge in [-0.15, -0.1) is 0 Å². The molecule has 1 aliphatic rings. The van der Waals surface area contributed by atoms with Gasteiger partial charge in [-0.2, -0.15) is 0 Å². The van der Waals surface area contributed by atoms with E-state index >= 15 is 0 Å². The van der Waals surface area contributed by atoms with E-state index in [9.17, 15) is 9.18 Å². The highest BCUT2D eigenvalue weighted by Crippen LogP contribution is 2.21. The zero-order valence-corrected chi connectivity index (χ0v) is 11.5. The van der Waals surface area contributed by atoms with E-state index in [1.54, 1.807) is 12.3 Å². The highest BCUT2D eigenvalue weighted by molar-refractivity contribution is 5.89. The van der Waals surface area contributed by atoms with Gasteiger partial charge in [0.05, 0.1) is 11.9 Å². The number of fused-ring (bicyclic) bond motifs is 1. The Bertz CT molecular complexity index is 629. The Morgan fingerprint density at radius 3 is 2.80 bits per heavy atom. The minimum Gasteiger partial charge on any atom is -0.359 e. The quantitative estimate of drug-likeness (QED) is 0.904. The Hall–Kier alpha value is -1.88. The SMILES string of the molecule is CN1CCN(C(=O)Cc2c[nH]c3c(F)cccc23)CC1. The third kappa shape index (κ3) is 2.41. The number of rotatable bonds is 2. The van der Waals surface area contributed by atoms with Gasteiger partial charge in [-0.3, -0.25) is 4.79 Å². The van der Waals surface area contributed by atoms with Gasteiger partial charge in [-0.05, 0) is 18.7 Å². The van der Waals surface area contributed by atoms with Gasteiger partial charge in [0.25, 0.3) is 0 Å². The lowest BCUT2D eigenvalue weighted by Gasteiger charge is -2.32. The second-order valence-corrected chi connectivity index (χ2v) is 5.34. The normalized spacial score (nSPS) is 16.8. The Kier molecular flexibility index (Phi) is 3.44. The number of piperazine rings is 1. The molecule has 4 nitrogen and oxygen atoms in total. The monoisotopic (exact) mass is 275 g/mol.